The van der Waals surface area contributed by atoms with Crippen molar-refractivity contribution in [2.75, 3.05) is 7.11 Å². The fourth-order valence-electron chi connectivity index (χ4n) is 2.19. The summed E-state index contributed by atoms with van der Waals surface area (Å²) < 4.78 is 4.65. The number of nitrogens with one attached hydrogen (secondary N) is 2. The van der Waals surface area contributed by atoms with Crippen LogP contribution in [0.25, 0.3) is 0 Å². The molecule has 0 spiro atoms. The van der Waals surface area contributed by atoms with Crippen LogP contribution in [0, 0.1) is 0 Å². The Morgan fingerprint density at radius 2 is 1.48 bits per heavy atom. The molecule has 0 atom stereocenters. The maximum absolute atomic E-state index is 11.4. The summed E-state index contributed by atoms with van der Waals surface area (Å²) in [6.07, 6.45) is -0.480. The Morgan fingerprint density at radius 3 is 1.90 bits per heavy atom. The molecule has 116 valence electrons. The number of alkyl carbamates (subject to hydrolysis) is 1. The van der Waals surface area contributed by atoms with Gasteiger partial charge in [0.2, 0.25) is 5.91 Å². The predicted octanol–water partition coefficient (Wildman–Crippen LogP) is 2.65. The third-order valence-electron chi connectivity index (χ3n) is 3.39. The molecule has 2 amide bonds. The number of carbonyl (C=O) groups excluding carboxylic acids is 2. The Balaban J connectivity index is 3.10. The van der Waals surface area contributed by atoms with Crippen molar-refractivity contribution in [3.63, 3.8) is 0 Å². The molecule has 0 aliphatic rings. The lowest BCUT2D eigenvalue weighted by molar-refractivity contribution is -0.120. The first kappa shape index (κ1) is 17.0. The van der Waals surface area contributed by atoms with E-state index >= 15 is 0 Å². The first-order valence-corrected chi connectivity index (χ1v) is 6.84. The van der Waals surface area contributed by atoms with Crippen molar-refractivity contribution in [2.24, 2.45) is 0 Å². The number of carbonyl (C=O) groups is 2. The molecule has 5 heteroatoms. The van der Waals surface area contributed by atoms with Crippen molar-refractivity contribution in [2.45, 2.75) is 45.7 Å². The van der Waals surface area contributed by atoms with Crippen LogP contribution in [0.1, 0.15) is 45.7 Å². The van der Waals surface area contributed by atoms with Gasteiger partial charge in [-0.05, 0) is 38.8 Å². The first-order valence-electron chi connectivity index (χ1n) is 6.84. The number of ether oxygens (including phenoxy) is 1. The Hall–Kier alpha value is -2.04. The van der Waals surface area contributed by atoms with E-state index in [0.717, 1.165) is 11.1 Å². The number of benzene rings is 1. The van der Waals surface area contributed by atoms with Gasteiger partial charge in [-0.2, -0.15) is 0 Å². The molecular weight excluding hydrogens is 268 g/mol. The molecule has 2 N–H and O–H groups in total. The van der Waals surface area contributed by atoms with Crippen LogP contribution in [0.3, 0.4) is 0 Å². The van der Waals surface area contributed by atoms with Crippen LogP contribution in [-0.2, 0) is 20.6 Å². The third kappa shape index (κ3) is 4.48. The second-order valence-electron chi connectivity index (χ2n) is 6.13. The van der Waals surface area contributed by atoms with E-state index in [-0.39, 0.29) is 5.91 Å². The zero-order chi connectivity index (χ0) is 16.3. The highest BCUT2D eigenvalue weighted by Gasteiger charge is 2.27. The van der Waals surface area contributed by atoms with Crippen LogP contribution in [0.4, 0.5) is 4.79 Å². The number of methoxy groups -OCH3 is 1. The third-order valence-corrected chi connectivity index (χ3v) is 3.39. The molecule has 0 aromatic heterocycles. The topological polar surface area (TPSA) is 67.4 Å². The molecule has 0 aliphatic heterocycles. The van der Waals surface area contributed by atoms with Gasteiger partial charge in [0.05, 0.1) is 18.2 Å². The van der Waals surface area contributed by atoms with E-state index in [0.29, 0.717) is 0 Å². The summed E-state index contributed by atoms with van der Waals surface area (Å²) >= 11 is 0. The lowest BCUT2D eigenvalue weighted by atomic mass is 9.87. The first-order chi connectivity index (χ1) is 9.58. The normalized spacial score (nSPS) is 11.7. The van der Waals surface area contributed by atoms with Crippen molar-refractivity contribution < 1.29 is 14.3 Å². The quantitative estimate of drug-likeness (QED) is 0.896. The zero-order valence-electron chi connectivity index (χ0n) is 13.5. The Bertz CT molecular complexity index is 536. The van der Waals surface area contributed by atoms with Crippen LogP contribution in [0.2, 0.25) is 0 Å². The van der Waals surface area contributed by atoms with E-state index in [9.17, 15) is 9.59 Å². The van der Waals surface area contributed by atoms with Crippen molar-refractivity contribution in [3.8, 4) is 0 Å². The van der Waals surface area contributed by atoms with Crippen molar-refractivity contribution in [1.82, 2.24) is 10.6 Å². The van der Waals surface area contributed by atoms with Gasteiger partial charge in [0.1, 0.15) is 0 Å². The average molecular weight is 292 g/mol. The number of rotatable bonds is 4. The highest BCUT2D eigenvalue weighted by molar-refractivity contribution is 5.74. The smallest absolute Gasteiger partial charge is 0.407 e. The second-order valence-corrected chi connectivity index (χ2v) is 6.13. The summed E-state index contributed by atoms with van der Waals surface area (Å²) in [6.45, 7) is 9.17. The molecule has 5 nitrogen and oxygen atoms in total. The SMILES string of the molecule is COC(=O)NC(C)(C)c1cccc(C(C)(C)NC(C)=O)c1. The van der Waals surface area contributed by atoms with Gasteiger partial charge in [0.15, 0.2) is 0 Å². The molecule has 0 unspecified atom stereocenters. The molecule has 0 bridgehead atoms. The molecule has 0 saturated heterocycles. The molecule has 0 fully saturated rings. The summed E-state index contributed by atoms with van der Waals surface area (Å²) in [5.74, 6) is -0.0858. The minimum absolute atomic E-state index is 0.0858. The molecule has 0 aliphatic carbocycles. The van der Waals surface area contributed by atoms with Crippen LogP contribution in [0.15, 0.2) is 24.3 Å². The number of amides is 2. The molecular formula is C16H24N2O3. The largest absolute Gasteiger partial charge is 0.453 e. The van der Waals surface area contributed by atoms with Gasteiger partial charge in [-0.3, -0.25) is 4.79 Å². The van der Waals surface area contributed by atoms with Crippen LogP contribution < -0.4 is 10.6 Å². The van der Waals surface area contributed by atoms with Crippen molar-refractivity contribution in [3.05, 3.63) is 35.4 Å². The van der Waals surface area contributed by atoms with E-state index in [1.165, 1.54) is 14.0 Å². The standard InChI is InChI=1S/C16H24N2O3/c1-11(19)17-15(2,3)12-8-7-9-13(10-12)16(4,5)18-14(20)21-6/h7-10H,1-6H3,(H,17,19)(H,18,20). The highest BCUT2D eigenvalue weighted by Crippen LogP contribution is 2.26. The monoisotopic (exact) mass is 292 g/mol. The lowest BCUT2D eigenvalue weighted by Gasteiger charge is -2.30. The Morgan fingerprint density at radius 1 is 1.00 bits per heavy atom. The molecule has 0 saturated carbocycles. The average Bonchev–Trinajstić information content (AvgIpc) is 2.37. The van der Waals surface area contributed by atoms with Gasteiger partial charge in [0.25, 0.3) is 0 Å². The molecule has 1 aromatic rings. The van der Waals surface area contributed by atoms with Crippen LogP contribution >= 0.6 is 0 Å². The van der Waals surface area contributed by atoms with Crippen molar-refractivity contribution >= 4 is 12.0 Å². The summed E-state index contributed by atoms with van der Waals surface area (Å²) in [7, 11) is 1.34. The van der Waals surface area contributed by atoms with Gasteiger partial charge in [-0.25, -0.2) is 4.79 Å². The van der Waals surface area contributed by atoms with E-state index in [1.807, 2.05) is 52.0 Å². The maximum Gasteiger partial charge on any atom is 0.407 e. The molecule has 21 heavy (non-hydrogen) atoms. The molecule has 0 heterocycles. The fourth-order valence-corrected chi connectivity index (χ4v) is 2.19. The highest BCUT2D eigenvalue weighted by atomic mass is 16.5. The van der Waals surface area contributed by atoms with Gasteiger partial charge in [-0.15, -0.1) is 0 Å². The van der Waals surface area contributed by atoms with Crippen LogP contribution in [0.5, 0.6) is 0 Å². The molecule has 1 aromatic carbocycles. The molecule has 1 rings (SSSR count). The summed E-state index contributed by atoms with van der Waals surface area (Å²) in [4.78, 5) is 22.8. The summed E-state index contributed by atoms with van der Waals surface area (Å²) in [5.41, 5.74) is 0.845. The summed E-state index contributed by atoms with van der Waals surface area (Å²) in [6, 6.07) is 7.78. The van der Waals surface area contributed by atoms with E-state index < -0.39 is 17.2 Å². The van der Waals surface area contributed by atoms with E-state index in [4.69, 9.17) is 0 Å². The minimum Gasteiger partial charge on any atom is -0.453 e. The molecule has 0 radical (unpaired) electrons. The van der Waals surface area contributed by atoms with Crippen molar-refractivity contribution in [1.29, 1.82) is 0 Å². The summed E-state index contributed by atoms with van der Waals surface area (Å²) in [5, 5.41) is 5.71. The Labute approximate surface area is 126 Å². The van der Waals surface area contributed by atoms with Crippen LogP contribution in [-0.4, -0.2) is 19.1 Å². The van der Waals surface area contributed by atoms with Gasteiger partial charge in [0, 0.05) is 6.92 Å². The number of hydrogen-bond donors (Lipinski definition) is 2. The Kier molecular flexibility index (Phi) is 4.99. The van der Waals surface area contributed by atoms with Gasteiger partial charge >= 0.3 is 6.09 Å². The minimum atomic E-state index is -0.574. The van der Waals surface area contributed by atoms with E-state index in [2.05, 4.69) is 15.4 Å². The van der Waals surface area contributed by atoms with Gasteiger partial charge in [-0.1, -0.05) is 24.3 Å². The lowest BCUT2D eigenvalue weighted by Crippen LogP contribution is -2.42. The predicted molar refractivity (Wildman–Crippen MR) is 81.9 cm³/mol. The fraction of sp³-hybridized carbons (Fsp3) is 0.500. The van der Waals surface area contributed by atoms with E-state index in [1.54, 1.807) is 0 Å². The number of hydrogen-bond acceptors (Lipinski definition) is 3. The maximum atomic E-state index is 11.4. The van der Waals surface area contributed by atoms with Gasteiger partial charge < -0.3 is 15.4 Å². The second kappa shape index (κ2) is 6.16. The zero-order valence-corrected chi connectivity index (χ0v) is 13.5.